The molecule has 3 nitrogen and oxygen atoms in total. The number of nitrogens with one attached hydrogen (secondary N) is 2. The minimum absolute atomic E-state index is 0.145. The van der Waals surface area contributed by atoms with Gasteiger partial charge in [-0.15, -0.1) is 0 Å². The van der Waals surface area contributed by atoms with Gasteiger partial charge in [0.2, 0.25) is 0 Å². The highest BCUT2D eigenvalue weighted by Crippen LogP contribution is 2.37. The summed E-state index contributed by atoms with van der Waals surface area (Å²) in [6.45, 7) is 4.23. The molecule has 2 N–H and O–H groups in total. The van der Waals surface area contributed by atoms with Crippen LogP contribution in [0.2, 0.25) is 5.02 Å². The second-order valence-corrected chi connectivity index (χ2v) is 4.98. The number of aromatic nitrogens is 1. The average Bonchev–Trinajstić information content (AvgIpc) is 2.76. The van der Waals surface area contributed by atoms with Crippen LogP contribution in [-0.2, 0) is 5.54 Å². The molecule has 0 bridgehead atoms. The van der Waals surface area contributed by atoms with Gasteiger partial charge in [0.25, 0.3) is 0 Å². The quantitative estimate of drug-likeness (QED) is 0.880. The predicted molar refractivity (Wildman–Crippen MR) is 71.9 cm³/mol. The molecule has 0 aliphatic rings. The van der Waals surface area contributed by atoms with E-state index in [1.807, 2.05) is 25.4 Å². The Bertz CT molecular complexity index is 546. The van der Waals surface area contributed by atoms with Crippen molar-refractivity contribution in [2.75, 3.05) is 14.2 Å². The fraction of sp³-hybridized carbons (Fsp3) is 0.385. The van der Waals surface area contributed by atoms with Crippen LogP contribution < -0.4 is 10.1 Å². The van der Waals surface area contributed by atoms with Gasteiger partial charge in [0.1, 0.15) is 5.75 Å². The van der Waals surface area contributed by atoms with Crippen LogP contribution in [0.1, 0.15) is 19.4 Å². The smallest absolute Gasteiger partial charge is 0.143 e. The molecule has 0 amide bonds. The van der Waals surface area contributed by atoms with Crippen molar-refractivity contribution in [1.29, 1.82) is 0 Å². The maximum Gasteiger partial charge on any atom is 0.143 e. The van der Waals surface area contributed by atoms with Gasteiger partial charge in [-0.05, 0) is 38.6 Å². The number of rotatable bonds is 3. The molecule has 0 atom stereocenters. The Morgan fingerprint density at radius 3 is 2.65 bits per heavy atom. The third-order valence-corrected chi connectivity index (χ3v) is 3.58. The van der Waals surface area contributed by atoms with Crippen molar-refractivity contribution in [3.8, 4) is 5.75 Å². The molecule has 1 heterocycles. The van der Waals surface area contributed by atoms with Crippen molar-refractivity contribution >= 4 is 22.5 Å². The monoisotopic (exact) mass is 252 g/mol. The van der Waals surface area contributed by atoms with Gasteiger partial charge in [0, 0.05) is 17.1 Å². The third kappa shape index (κ3) is 1.90. The number of methoxy groups -OCH3 is 1. The second kappa shape index (κ2) is 4.24. The normalized spacial score (nSPS) is 12.1. The van der Waals surface area contributed by atoms with Crippen LogP contribution in [0.5, 0.6) is 5.75 Å². The standard InChI is InChI=1S/C13H17ClN2O/c1-13(2,15-3)8-7-16-12-10(17-4)6-5-9(14)11(8)12/h5-7,15-16H,1-4H3. The highest BCUT2D eigenvalue weighted by Gasteiger charge is 2.24. The topological polar surface area (TPSA) is 37.0 Å². The second-order valence-electron chi connectivity index (χ2n) is 4.58. The van der Waals surface area contributed by atoms with Crippen molar-refractivity contribution in [2.24, 2.45) is 0 Å². The van der Waals surface area contributed by atoms with Crippen molar-refractivity contribution < 1.29 is 4.74 Å². The summed E-state index contributed by atoms with van der Waals surface area (Å²) < 4.78 is 5.33. The molecule has 0 fully saturated rings. The van der Waals surface area contributed by atoms with Crippen molar-refractivity contribution in [3.63, 3.8) is 0 Å². The summed E-state index contributed by atoms with van der Waals surface area (Å²) in [6, 6.07) is 3.74. The number of ether oxygens (including phenoxy) is 1. The Labute approximate surface area is 106 Å². The Morgan fingerprint density at radius 1 is 1.35 bits per heavy atom. The Balaban J connectivity index is 2.76. The molecule has 0 spiro atoms. The van der Waals surface area contributed by atoms with Crippen LogP contribution in [0.4, 0.5) is 0 Å². The molecule has 17 heavy (non-hydrogen) atoms. The minimum atomic E-state index is -0.145. The molecule has 92 valence electrons. The van der Waals surface area contributed by atoms with Gasteiger partial charge in [-0.1, -0.05) is 11.6 Å². The molecule has 0 unspecified atom stereocenters. The molecule has 1 aromatic carbocycles. The summed E-state index contributed by atoms with van der Waals surface area (Å²) in [4.78, 5) is 3.24. The van der Waals surface area contributed by atoms with Crippen molar-refractivity contribution in [3.05, 3.63) is 28.9 Å². The predicted octanol–water partition coefficient (Wildman–Crippen LogP) is 3.28. The highest BCUT2D eigenvalue weighted by atomic mass is 35.5. The summed E-state index contributed by atoms with van der Waals surface area (Å²) in [5.41, 5.74) is 1.94. The Morgan fingerprint density at radius 2 is 2.06 bits per heavy atom. The van der Waals surface area contributed by atoms with E-state index in [1.165, 1.54) is 0 Å². The van der Waals surface area contributed by atoms with Gasteiger partial charge in [-0.2, -0.15) is 0 Å². The zero-order valence-electron chi connectivity index (χ0n) is 10.5. The number of aromatic amines is 1. The molecule has 0 aliphatic heterocycles. The van der Waals surface area contributed by atoms with Crippen LogP contribution in [0.3, 0.4) is 0 Å². The molecule has 0 saturated carbocycles. The lowest BCUT2D eigenvalue weighted by Gasteiger charge is -2.24. The molecule has 0 saturated heterocycles. The van der Waals surface area contributed by atoms with Gasteiger partial charge < -0.3 is 15.0 Å². The molecule has 0 radical (unpaired) electrons. The molecule has 2 aromatic rings. The summed E-state index contributed by atoms with van der Waals surface area (Å²) in [7, 11) is 3.60. The lowest BCUT2D eigenvalue weighted by Crippen LogP contribution is -2.32. The van der Waals surface area contributed by atoms with Crippen LogP contribution in [-0.4, -0.2) is 19.1 Å². The maximum absolute atomic E-state index is 6.29. The highest BCUT2D eigenvalue weighted by molar-refractivity contribution is 6.36. The van der Waals surface area contributed by atoms with Gasteiger partial charge >= 0.3 is 0 Å². The van der Waals surface area contributed by atoms with E-state index >= 15 is 0 Å². The lowest BCUT2D eigenvalue weighted by molar-refractivity contribution is 0.419. The maximum atomic E-state index is 6.29. The van der Waals surface area contributed by atoms with Gasteiger partial charge in [0.05, 0.1) is 17.6 Å². The first kappa shape index (κ1) is 12.3. The van der Waals surface area contributed by atoms with E-state index in [0.29, 0.717) is 0 Å². The van der Waals surface area contributed by atoms with Crippen molar-refractivity contribution in [1.82, 2.24) is 10.3 Å². The van der Waals surface area contributed by atoms with E-state index in [9.17, 15) is 0 Å². The number of hydrogen-bond acceptors (Lipinski definition) is 2. The largest absolute Gasteiger partial charge is 0.495 e. The molecule has 2 rings (SSSR count). The van der Waals surface area contributed by atoms with Crippen LogP contribution in [0.25, 0.3) is 10.9 Å². The first-order chi connectivity index (χ1) is 8.01. The van der Waals surface area contributed by atoms with Crippen LogP contribution >= 0.6 is 11.6 Å². The number of benzene rings is 1. The minimum Gasteiger partial charge on any atom is -0.495 e. The molecule has 1 aromatic heterocycles. The van der Waals surface area contributed by atoms with Crippen LogP contribution in [0, 0.1) is 0 Å². The summed E-state index contributed by atoms with van der Waals surface area (Å²) in [5, 5.41) is 5.04. The fourth-order valence-electron chi connectivity index (χ4n) is 1.98. The van der Waals surface area contributed by atoms with E-state index in [4.69, 9.17) is 16.3 Å². The SMILES string of the molecule is CNC(C)(C)c1c[nH]c2c(OC)ccc(Cl)c12. The van der Waals surface area contributed by atoms with E-state index in [0.717, 1.165) is 27.2 Å². The molecular formula is C13H17ClN2O. The third-order valence-electron chi connectivity index (χ3n) is 3.26. The summed E-state index contributed by atoms with van der Waals surface area (Å²) in [5.74, 6) is 0.808. The molecule has 4 heteroatoms. The zero-order chi connectivity index (χ0) is 12.6. The lowest BCUT2D eigenvalue weighted by atomic mass is 9.94. The van der Waals surface area contributed by atoms with E-state index in [-0.39, 0.29) is 5.54 Å². The van der Waals surface area contributed by atoms with E-state index in [2.05, 4.69) is 24.1 Å². The van der Waals surface area contributed by atoms with Crippen LogP contribution in [0.15, 0.2) is 18.3 Å². The summed E-state index contributed by atoms with van der Waals surface area (Å²) >= 11 is 6.29. The number of hydrogen-bond donors (Lipinski definition) is 2. The molecular weight excluding hydrogens is 236 g/mol. The van der Waals surface area contributed by atoms with Gasteiger partial charge in [-0.3, -0.25) is 0 Å². The Kier molecular flexibility index (Phi) is 3.06. The number of H-pyrrole nitrogens is 1. The Hall–Kier alpha value is -1.19. The van der Waals surface area contributed by atoms with E-state index < -0.39 is 0 Å². The van der Waals surface area contributed by atoms with E-state index in [1.54, 1.807) is 7.11 Å². The number of halogens is 1. The summed E-state index contributed by atoms with van der Waals surface area (Å²) in [6.07, 6.45) is 1.98. The molecule has 0 aliphatic carbocycles. The number of fused-ring (bicyclic) bond motifs is 1. The first-order valence-electron chi connectivity index (χ1n) is 5.54. The average molecular weight is 253 g/mol. The van der Waals surface area contributed by atoms with Gasteiger partial charge in [-0.25, -0.2) is 0 Å². The van der Waals surface area contributed by atoms with Crippen molar-refractivity contribution in [2.45, 2.75) is 19.4 Å². The zero-order valence-corrected chi connectivity index (χ0v) is 11.3. The first-order valence-corrected chi connectivity index (χ1v) is 5.92. The van der Waals surface area contributed by atoms with Gasteiger partial charge in [0.15, 0.2) is 0 Å². The fourth-order valence-corrected chi connectivity index (χ4v) is 2.24.